The zero-order chi connectivity index (χ0) is 34.5. The van der Waals surface area contributed by atoms with Gasteiger partial charge in [-0.2, -0.15) is 0 Å². The van der Waals surface area contributed by atoms with Gasteiger partial charge < -0.3 is 38.3 Å². The number of carbonyl (C=O) groups excluding carboxylic acids is 4. The number of nitrogens with zero attached hydrogens (tertiary/aromatic N) is 2. The van der Waals surface area contributed by atoms with E-state index in [0.29, 0.717) is 16.8 Å². The molecule has 0 spiro atoms. The van der Waals surface area contributed by atoms with Crippen LogP contribution in [-0.2, 0) is 49.3 Å². The smallest absolute Gasteiger partial charge is 0.369 e. The monoisotopic (exact) mass is 652 g/mol. The van der Waals surface area contributed by atoms with Crippen molar-refractivity contribution < 1.29 is 61.8 Å². The summed E-state index contributed by atoms with van der Waals surface area (Å²) < 4.78 is 55.0. The van der Waals surface area contributed by atoms with Crippen molar-refractivity contribution in [3.05, 3.63) is 40.8 Å². The average molecular weight is 653 g/mol. The SMILES string of the molecule is CC(=O)OC[C@H]1O[C@](O)(Oc2nn(C(C)C)c(C)c2Cc2ccc(OC(C)C)c(F)c2)[C@H](OC(C)=O)[C@@H](OC(C)=O)[C@@H]1OC(C)=O. The van der Waals surface area contributed by atoms with Gasteiger partial charge in [-0.3, -0.25) is 23.9 Å². The van der Waals surface area contributed by atoms with Crippen LogP contribution in [0.5, 0.6) is 11.6 Å². The summed E-state index contributed by atoms with van der Waals surface area (Å²) in [6.07, 6.45) is -6.79. The molecule has 14 nitrogen and oxygen atoms in total. The highest BCUT2D eigenvalue weighted by Gasteiger charge is 2.62. The molecule has 1 aliphatic rings. The molecule has 0 radical (unpaired) electrons. The van der Waals surface area contributed by atoms with E-state index in [0.717, 1.165) is 27.7 Å². The Bertz CT molecular complexity index is 1440. The Labute approximate surface area is 266 Å². The van der Waals surface area contributed by atoms with E-state index >= 15 is 0 Å². The summed E-state index contributed by atoms with van der Waals surface area (Å²) in [5, 5.41) is 16.5. The maximum atomic E-state index is 14.9. The van der Waals surface area contributed by atoms with Gasteiger partial charge in [0.2, 0.25) is 12.0 Å². The van der Waals surface area contributed by atoms with Gasteiger partial charge >= 0.3 is 29.9 Å². The highest BCUT2D eigenvalue weighted by molar-refractivity contribution is 5.68. The number of rotatable bonds is 12. The zero-order valence-corrected chi connectivity index (χ0v) is 27.3. The van der Waals surface area contributed by atoms with Gasteiger partial charge in [-0.15, -0.1) is 5.10 Å². The lowest BCUT2D eigenvalue weighted by Crippen LogP contribution is -2.70. The summed E-state index contributed by atoms with van der Waals surface area (Å²) in [5.41, 5.74) is 1.52. The van der Waals surface area contributed by atoms with Crippen LogP contribution in [0.15, 0.2) is 18.2 Å². The van der Waals surface area contributed by atoms with Crippen molar-refractivity contribution in [2.45, 2.75) is 111 Å². The van der Waals surface area contributed by atoms with Crippen LogP contribution >= 0.6 is 0 Å². The Morgan fingerprint density at radius 1 is 0.978 bits per heavy atom. The lowest BCUT2D eigenvalue weighted by molar-refractivity contribution is -0.422. The molecule has 0 bridgehead atoms. The molecule has 1 aromatic heterocycles. The number of hydrogen-bond acceptors (Lipinski definition) is 13. The Balaban J connectivity index is 2.14. The molecule has 2 aromatic rings. The maximum absolute atomic E-state index is 14.9. The standard InChI is InChI=1S/C31H41FN2O12/c1-15(2)34-17(5)23(12-22-10-11-25(24(32)13-22)41-16(3)4)30(33-34)46-31(39)29(44-21(9)38)28(43-20(8)37)27(42-19(7)36)26(45-31)14-40-18(6)35/h10-11,13,15-16,26-29,39H,12,14H2,1-9H3/t26-,27-,28+,29-,31+/m1/s1. The molecule has 1 aliphatic heterocycles. The van der Waals surface area contributed by atoms with E-state index in [-0.39, 0.29) is 30.2 Å². The molecular weight excluding hydrogens is 611 g/mol. The van der Waals surface area contributed by atoms with Crippen molar-refractivity contribution >= 4 is 23.9 Å². The first-order valence-electron chi connectivity index (χ1n) is 14.7. The molecule has 0 unspecified atom stereocenters. The number of ether oxygens (including phenoxy) is 7. The third-order valence-electron chi connectivity index (χ3n) is 6.73. The van der Waals surface area contributed by atoms with Gasteiger partial charge in [0.25, 0.3) is 0 Å². The van der Waals surface area contributed by atoms with E-state index in [1.807, 2.05) is 13.8 Å². The lowest BCUT2D eigenvalue weighted by Gasteiger charge is -2.47. The number of aromatic nitrogens is 2. The third kappa shape index (κ3) is 8.94. The number of hydrogen-bond donors (Lipinski definition) is 1. The summed E-state index contributed by atoms with van der Waals surface area (Å²) in [6, 6.07) is 4.27. The second-order valence-corrected chi connectivity index (χ2v) is 11.4. The Kier molecular flexibility index (Phi) is 11.7. The number of esters is 4. The number of benzene rings is 1. The highest BCUT2D eigenvalue weighted by Crippen LogP contribution is 2.38. The Morgan fingerprint density at radius 2 is 1.59 bits per heavy atom. The molecule has 15 heteroatoms. The van der Waals surface area contributed by atoms with Crippen LogP contribution < -0.4 is 9.47 Å². The molecule has 1 saturated heterocycles. The summed E-state index contributed by atoms with van der Waals surface area (Å²) >= 11 is 0. The third-order valence-corrected chi connectivity index (χ3v) is 6.73. The van der Waals surface area contributed by atoms with Crippen LogP contribution in [0.1, 0.15) is 78.3 Å². The van der Waals surface area contributed by atoms with E-state index in [1.165, 1.54) is 12.1 Å². The predicted octanol–water partition coefficient (Wildman–Crippen LogP) is 3.07. The topological polar surface area (TPSA) is 171 Å². The lowest BCUT2D eigenvalue weighted by atomic mass is 9.96. The second-order valence-electron chi connectivity index (χ2n) is 11.4. The molecule has 1 fully saturated rings. The average Bonchev–Trinajstić information content (AvgIpc) is 3.22. The summed E-state index contributed by atoms with van der Waals surface area (Å²) in [5.74, 6) is -7.02. The molecule has 46 heavy (non-hydrogen) atoms. The van der Waals surface area contributed by atoms with E-state index in [1.54, 1.807) is 31.5 Å². The van der Waals surface area contributed by atoms with Gasteiger partial charge in [-0.25, -0.2) is 4.39 Å². The van der Waals surface area contributed by atoms with Gasteiger partial charge in [-0.05, 0) is 52.3 Å². The van der Waals surface area contributed by atoms with Crippen molar-refractivity contribution in [3.8, 4) is 11.6 Å². The summed E-state index contributed by atoms with van der Waals surface area (Å²) in [7, 11) is 0. The molecule has 5 atom stereocenters. The first-order valence-corrected chi connectivity index (χ1v) is 14.7. The fraction of sp³-hybridized carbons (Fsp3) is 0.581. The van der Waals surface area contributed by atoms with E-state index in [4.69, 9.17) is 33.2 Å². The number of aliphatic hydroxyl groups is 1. The highest BCUT2D eigenvalue weighted by atomic mass is 19.1. The van der Waals surface area contributed by atoms with Crippen molar-refractivity contribution in [1.82, 2.24) is 9.78 Å². The minimum Gasteiger partial charge on any atom is -0.488 e. The molecule has 0 amide bonds. The fourth-order valence-corrected chi connectivity index (χ4v) is 4.99. The molecule has 2 heterocycles. The Morgan fingerprint density at radius 3 is 2.11 bits per heavy atom. The molecule has 0 aliphatic carbocycles. The predicted molar refractivity (Wildman–Crippen MR) is 156 cm³/mol. The van der Waals surface area contributed by atoms with Crippen LogP contribution in [0.4, 0.5) is 4.39 Å². The van der Waals surface area contributed by atoms with E-state index in [9.17, 15) is 28.7 Å². The quantitative estimate of drug-likeness (QED) is 0.202. The second kappa shape index (κ2) is 14.9. The molecule has 3 rings (SSSR count). The van der Waals surface area contributed by atoms with Gasteiger partial charge in [0, 0.05) is 51.4 Å². The van der Waals surface area contributed by atoms with Gasteiger partial charge in [0.15, 0.2) is 23.8 Å². The zero-order valence-electron chi connectivity index (χ0n) is 27.3. The van der Waals surface area contributed by atoms with Crippen LogP contribution in [0.25, 0.3) is 0 Å². The van der Waals surface area contributed by atoms with Crippen molar-refractivity contribution in [3.63, 3.8) is 0 Å². The van der Waals surface area contributed by atoms with Gasteiger partial charge in [0.1, 0.15) is 12.7 Å². The van der Waals surface area contributed by atoms with Crippen molar-refractivity contribution in [2.75, 3.05) is 6.61 Å². The Hall–Kier alpha value is -4.24. The molecular formula is C31H41FN2O12. The van der Waals surface area contributed by atoms with Crippen LogP contribution in [-0.4, -0.2) is 81.9 Å². The molecule has 1 N–H and O–H groups in total. The largest absolute Gasteiger partial charge is 0.488 e. The minimum absolute atomic E-state index is 0.0708. The van der Waals surface area contributed by atoms with Crippen LogP contribution in [0.2, 0.25) is 0 Å². The normalized spacial score (nSPS) is 22.7. The first-order chi connectivity index (χ1) is 21.4. The fourth-order valence-electron chi connectivity index (χ4n) is 4.99. The number of carbonyl (C=O) groups is 4. The van der Waals surface area contributed by atoms with E-state index < -0.39 is 66.7 Å². The molecule has 1 aromatic carbocycles. The van der Waals surface area contributed by atoms with Gasteiger partial charge in [-0.1, -0.05) is 6.07 Å². The van der Waals surface area contributed by atoms with Gasteiger partial charge in [0.05, 0.1) is 6.10 Å². The molecule has 0 saturated carbocycles. The number of halogens is 1. The summed E-state index contributed by atoms with van der Waals surface area (Å²) in [6.45, 7) is 12.7. The maximum Gasteiger partial charge on any atom is 0.369 e. The van der Waals surface area contributed by atoms with Crippen LogP contribution in [0, 0.1) is 12.7 Å². The first kappa shape index (κ1) is 36.2. The minimum atomic E-state index is -2.94. The van der Waals surface area contributed by atoms with Crippen molar-refractivity contribution in [1.29, 1.82) is 0 Å². The van der Waals surface area contributed by atoms with E-state index in [2.05, 4.69) is 5.10 Å². The van der Waals surface area contributed by atoms with Crippen molar-refractivity contribution in [2.24, 2.45) is 0 Å². The molecule has 254 valence electrons. The summed E-state index contributed by atoms with van der Waals surface area (Å²) in [4.78, 5) is 48.2. The van der Waals surface area contributed by atoms with Crippen LogP contribution in [0.3, 0.4) is 0 Å².